The maximum Gasteiger partial charge on any atom is 0.315 e. The fraction of sp³-hybridized carbons (Fsp3) is 0.467. The second-order valence-corrected chi connectivity index (χ2v) is 4.86. The van der Waals surface area contributed by atoms with E-state index in [1.807, 2.05) is 13.8 Å². The molecule has 0 bridgehead atoms. The minimum absolute atomic E-state index is 0.0287. The first-order valence-corrected chi connectivity index (χ1v) is 7.09. The van der Waals surface area contributed by atoms with E-state index in [1.165, 1.54) is 0 Å². The Kier molecular flexibility index (Phi) is 7.60. The van der Waals surface area contributed by atoms with Crippen molar-refractivity contribution < 1.29 is 19.1 Å². The Bertz CT molecular complexity index is 474. The third-order valence-corrected chi connectivity index (χ3v) is 2.58. The Morgan fingerprint density at radius 2 is 1.73 bits per heavy atom. The number of methoxy groups -OCH3 is 1. The van der Waals surface area contributed by atoms with Crippen molar-refractivity contribution in [3.8, 4) is 11.5 Å². The molecule has 1 rings (SSSR count). The largest absolute Gasteiger partial charge is 0.497 e. The Hall–Kier alpha value is -2.44. The van der Waals surface area contributed by atoms with Gasteiger partial charge in [0.25, 0.3) is 0 Å². The van der Waals surface area contributed by atoms with E-state index in [4.69, 9.17) is 9.47 Å². The van der Waals surface area contributed by atoms with Gasteiger partial charge in [-0.1, -0.05) is 0 Å². The summed E-state index contributed by atoms with van der Waals surface area (Å²) in [6.45, 7) is 4.32. The van der Waals surface area contributed by atoms with E-state index in [9.17, 15) is 9.59 Å². The molecule has 0 spiro atoms. The van der Waals surface area contributed by atoms with Crippen LogP contribution in [0.2, 0.25) is 0 Å². The predicted octanol–water partition coefficient (Wildman–Crippen LogP) is 0.898. The molecule has 0 saturated heterocycles. The molecule has 122 valence electrons. The third kappa shape index (κ3) is 7.37. The zero-order valence-electron chi connectivity index (χ0n) is 13.1. The minimum Gasteiger partial charge on any atom is -0.497 e. The highest BCUT2D eigenvalue weighted by Crippen LogP contribution is 2.16. The lowest BCUT2D eigenvalue weighted by Gasteiger charge is -2.11. The minimum atomic E-state index is -0.361. The first-order chi connectivity index (χ1) is 10.5. The normalized spacial score (nSPS) is 10.0. The van der Waals surface area contributed by atoms with Crippen LogP contribution in [-0.4, -0.2) is 44.8 Å². The fourth-order valence-electron chi connectivity index (χ4n) is 1.57. The van der Waals surface area contributed by atoms with Gasteiger partial charge in [-0.3, -0.25) is 4.79 Å². The smallest absolute Gasteiger partial charge is 0.315 e. The molecule has 1 aromatic carbocycles. The average molecular weight is 309 g/mol. The van der Waals surface area contributed by atoms with Crippen LogP contribution in [0.4, 0.5) is 4.79 Å². The average Bonchev–Trinajstić information content (AvgIpc) is 2.49. The van der Waals surface area contributed by atoms with E-state index in [0.29, 0.717) is 18.9 Å². The van der Waals surface area contributed by atoms with Crippen LogP contribution in [0.25, 0.3) is 0 Å². The van der Waals surface area contributed by atoms with Gasteiger partial charge in [0.1, 0.15) is 18.1 Å². The number of carbonyl (C=O) groups excluding carboxylic acids is 2. The predicted molar refractivity (Wildman–Crippen MR) is 83.2 cm³/mol. The fourth-order valence-corrected chi connectivity index (χ4v) is 1.57. The summed E-state index contributed by atoms with van der Waals surface area (Å²) in [5, 5.41) is 7.75. The number of benzene rings is 1. The maximum atomic E-state index is 11.5. The Labute approximate surface area is 130 Å². The van der Waals surface area contributed by atoms with Gasteiger partial charge in [-0.05, 0) is 38.1 Å². The van der Waals surface area contributed by atoms with Gasteiger partial charge < -0.3 is 25.4 Å². The zero-order chi connectivity index (χ0) is 16.4. The van der Waals surface area contributed by atoms with Crippen molar-refractivity contribution in [2.24, 2.45) is 0 Å². The molecule has 0 aromatic heterocycles. The molecule has 0 fully saturated rings. The lowest BCUT2D eigenvalue weighted by Crippen LogP contribution is -2.44. The van der Waals surface area contributed by atoms with Crippen LogP contribution in [0.1, 0.15) is 13.8 Å². The first-order valence-electron chi connectivity index (χ1n) is 7.09. The van der Waals surface area contributed by atoms with Gasteiger partial charge in [-0.15, -0.1) is 0 Å². The number of hydrogen-bond donors (Lipinski definition) is 3. The van der Waals surface area contributed by atoms with Crippen LogP contribution >= 0.6 is 0 Å². The molecule has 3 amide bonds. The van der Waals surface area contributed by atoms with E-state index in [1.54, 1.807) is 31.4 Å². The SMILES string of the molecule is COc1ccc(OCCNC(=O)CNC(=O)NC(C)C)cc1. The van der Waals surface area contributed by atoms with Crippen molar-refractivity contribution in [1.82, 2.24) is 16.0 Å². The number of nitrogens with one attached hydrogen (secondary N) is 3. The molecular weight excluding hydrogens is 286 g/mol. The van der Waals surface area contributed by atoms with Gasteiger partial charge in [-0.2, -0.15) is 0 Å². The highest BCUT2D eigenvalue weighted by molar-refractivity contribution is 5.83. The molecule has 0 aliphatic rings. The Morgan fingerprint density at radius 3 is 2.32 bits per heavy atom. The summed E-state index contributed by atoms with van der Waals surface area (Å²) in [5.74, 6) is 1.19. The second kappa shape index (κ2) is 9.49. The first kappa shape index (κ1) is 17.6. The zero-order valence-corrected chi connectivity index (χ0v) is 13.1. The highest BCUT2D eigenvalue weighted by atomic mass is 16.5. The van der Waals surface area contributed by atoms with Crippen LogP contribution < -0.4 is 25.4 Å². The van der Waals surface area contributed by atoms with Crippen molar-refractivity contribution in [3.63, 3.8) is 0 Å². The van der Waals surface area contributed by atoms with Crippen molar-refractivity contribution in [2.75, 3.05) is 26.8 Å². The van der Waals surface area contributed by atoms with Crippen LogP contribution in [0.15, 0.2) is 24.3 Å². The molecule has 0 atom stereocenters. The summed E-state index contributed by atoms with van der Waals surface area (Å²) in [6, 6.07) is 6.84. The molecule has 0 heterocycles. The molecule has 0 unspecified atom stereocenters. The number of ether oxygens (including phenoxy) is 2. The van der Waals surface area contributed by atoms with Gasteiger partial charge in [0.2, 0.25) is 5.91 Å². The lowest BCUT2D eigenvalue weighted by molar-refractivity contribution is -0.120. The number of amides is 3. The summed E-state index contributed by atoms with van der Waals surface area (Å²) in [5.41, 5.74) is 0. The number of urea groups is 1. The number of carbonyl (C=O) groups is 2. The standard InChI is InChI=1S/C15H23N3O4/c1-11(2)18-15(20)17-10-14(19)16-8-9-22-13-6-4-12(21-3)5-7-13/h4-7,11H,8-10H2,1-3H3,(H,16,19)(H2,17,18,20). The molecule has 7 nitrogen and oxygen atoms in total. The summed E-state index contributed by atoms with van der Waals surface area (Å²) < 4.78 is 10.5. The van der Waals surface area contributed by atoms with Crippen LogP contribution in [0.5, 0.6) is 11.5 Å². The molecule has 7 heteroatoms. The van der Waals surface area contributed by atoms with Crippen LogP contribution in [0, 0.1) is 0 Å². The van der Waals surface area contributed by atoms with Gasteiger partial charge in [0.05, 0.1) is 20.2 Å². The molecule has 22 heavy (non-hydrogen) atoms. The lowest BCUT2D eigenvalue weighted by atomic mass is 10.3. The van der Waals surface area contributed by atoms with Crippen LogP contribution in [-0.2, 0) is 4.79 Å². The molecule has 3 N–H and O–H groups in total. The monoisotopic (exact) mass is 309 g/mol. The quantitative estimate of drug-likeness (QED) is 0.622. The van der Waals surface area contributed by atoms with E-state index < -0.39 is 0 Å². The van der Waals surface area contributed by atoms with Crippen molar-refractivity contribution in [2.45, 2.75) is 19.9 Å². The third-order valence-electron chi connectivity index (χ3n) is 2.58. The summed E-state index contributed by atoms with van der Waals surface area (Å²) in [7, 11) is 1.60. The van der Waals surface area contributed by atoms with Crippen molar-refractivity contribution in [1.29, 1.82) is 0 Å². The summed E-state index contributed by atoms with van der Waals surface area (Å²) in [6.07, 6.45) is 0. The van der Waals surface area contributed by atoms with E-state index >= 15 is 0 Å². The summed E-state index contributed by atoms with van der Waals surface area (Å²) in [4.78, 5) is 22.8. The molecule has 0 saturated carbocycles. The second-order valence-electron chi connectivity index (χ2n) is 4.86. The van der Waals surface area contributed by atoms with Gasteiger partial charge in [0.15, 0.2) is 0 Å². The highest BCUT2D eigenvalue weighted by Gasteiger charge is 2.05. The van der Waals surface area contributed by atoms with Crippen LogP contribution in [0.3, 0.4) is 0 Å². The summed E-state index contributed by atoms with van der Waals surface area (Å²) >= 11 is 0. The van der Waals surface area contributed by atoms with E-state index in [2.05, 4.69) is 16.0 Å². The molecule has 0 aliphatic heterocycles. The number of hydrogen-bond acceptors (Lipinski definition) is 4. The Balaban J connectivity index is 2.13. The topological polar surface area (TPSA) is 88.7 Å². The van der Waals surface area contributed by atoms with Crippen molar-refractivity contribution >= 4 is 11.9 Å². The molecule has 1 aromatic rings. The Morgan fingerprint density at radius 1 is 1.09 bits per heavy atom. The maximum absolute atomic E-state index is 11.5. The number of rotatable bonds is 8. The van der Waals surface area contributed by atoms with Gasteiger partial charge in [-0.25, -0.2) is 4.79 Å². The van der Waals surface area contributed by atoms with Crippen molar-refractivity contribution in [3.05, 3.63) is 24.3 Å². The van der Waals surface area contributed by atoms with E-state index in [0.717, 1.165) is 5.75 Å². The van der Waals surface area contributed by atoms with Gasteiger partial charge >= 0.3 is 6.03 Å². The molecular formula is C15H23N3O4. The van der Waals surface area contributed by atoms with Gasteiger partial charge in [0, 0.05) is 6.04 Å². The molecule has 0 radical (unpaired) electrons. The molecule has 0 aliphatic carbocycles. The van der Waals surface area contributed by atoms with E-state index in [-0.39, 0.29) is 24.5 Å².